The van der Waals surface area contributed by atoms with Crippen molar-refractivity contribution in [2.24, 2.45) is 0 Å². The van der Waals surface area contributed by atoms with E-state index in [0.717, 1.165) is 32.6 Å². The zero-order valence-corrected chi connectivity index (χ0v) is 19.1. The summed E-state index contributed by atoms with van der Waals surface area (Å²) in [4.78, 5) is 34.1. The minimum absolute atomic E-state index is 0.0133. The molecule has 1 aliphatic heterocycles. The lowest BCUT2D eigenvalue weighted by molar-refractivity contribution is -0.137. The van der Waals surface area contributed by atoms with Crippen LogP contribution < -0.4 is 5.56 Å². The molecule has 5 rings (SSSR count). The van der Waals surface area contributed by atoms with Crippen LogP contribution in [0.2, 0.25) is 0 Å². The van der Waals surface area contributed by atoms with Crippen molar-refractivity contribution in [2.75, 3.05) is 13.2 Å². The minimum Gasteiger partial charge on any atom is -0.367 e. The van der Waals surface area contributed by atoms with Crippen molar-refractivity contribution >= 4 is 27.5 Å². The van der Waals surface area contributed by atoms with Crippen LogP contribution >= 0.6 is 11.3 Å². The minimum atomic E-state index is -0.0257. The summed E-state index contributed by atoms with van der Waals surface area (Å²) in [5.41, 5.74) is 3.31. The Kier molecular flexibility index (Phi) is 6.32. The van der Waals surface area contributed by atoms with E-state index in [-0.39, 0.29) is 18.1 Å². The molecule has 2 aromatic heterocycles. The first-order valence-corrected chi connectivity index (χ1v) is 11.9. The van der Waals surface area contributed by atoms with Crippen LogP contribution in [0, 0.1) is 0 Å². The highest BCUT2D eigenvalue weighted by Gasteiger charge is 2.26. The SMILES string of the molecule is O=C(COCc1ccccc1)N1CCc2c(sc3ncn(CCc4ccccc4)c(=O)c23)C1. The number of amides is 1. The van der Waals surface area contributed by atoms with Crippen molar-refractivity contribution in [2.45, 2.75) is 32.5 Å². The summed E-state index contributed by atoms with van der Waals surface area (Å²) in [6, 6.07) is 20.0. The first-order chi connectivity index (χ1) is 16.2. The molecular weight excluding hydrogens is 434 g/mol. The molecule has 4 aromatic rings. The van der Waals surface area contributed by atoms with Gasteiger partial charge in [0.15, 0.2) is 0 Å². The number of ether oxygens (including phenoxy) is 1. The Morgan fingerprint density at radius 2 is 1.76 bits per heavy atom. The normalized spacial score (nSPS) is 13.3. The van der Waals surface area contributed by atoms with Crippen LogP contribution in [0.4, 0.5) is 0 Å². The standard InChI is InChI=1S/C26H25N3O3S/c30-23(17-32-16-20-9-5-2-6-10-20)28-14-12-21-22(15-28)33-25-24(21)26(31)29(18-27-25)13-11-19-7-3-1-4-8-19/h1-10,18H,11-17H2. The van der Waals surface area contributed by atoms with Crippen molar-refractivity contribution < 1.29 is 9.53 Å². The molecule has 0 bridgehead atoms. The predicted octanol–water partition coefficient (Wildman–Crippen LogP) is 3.80. The van der Waals surface area contributed by atoms with Gasteiger partial charge in [0.1, 0.15) is 11.4 Å². The van der Waals surface area contributed by atoms with Gasteiger partial charge in [0.25, 0.3) is 5.56 Å². The molecule has 0 spiro atoms. The molecular formula is C26H25N3O3S. The van der Waals surface area contributed by atoms with Gasteiger partial charge < -0.3 is 9.64 Å². The van der Waals surface area contributed by atoms with Crippen molar-refractivity contribution in [3.05, 3.63) is 98.9 Å². The second-order valence-corrected chi connectivity index (χ2v) is 9.29. The Bertz CT molecular complexity index is 1320. The zero-order chi connectivity index (χ0) is 22.6. The maximum absolute atomic E-state index is 13.2. The molecule has 1 amide bonds. The van der Waals surface area contributed by atoms with Gasteiger partial charge in [-0.2, -0.15) is 0 Å². The fourth-order valence-electron chi connectivity index (χ4n) is 4.21. The summed E-state index contributed by atoms with van der Waals surface area (Å²) in [5.74, 6) is -0.0257. The van der Waals surface area contributed by atoms with E-state index in [1.54, 1.807) is 10.9 Å². The molecule has 33 heavy (non-hydrogen) atoms. The fraction of sp³-hybridized carbons (Fsp3) is 0.269. The topological polar surface area (TPSA) is 64.4 Å². The van der Waals surface area contributed by atoms with E-state index in [1.807, 2.05) is 53.4 Å². The van der Waals surface area contributed by atoms with Crippen LogP contribution in [0.15, 0.2) is 71.8 Å². The number of carbonyl (C=O) groups is 1. The average molecular weight is 460 g/mol. The Hall–Kier alpha value is -3.29. The van der Waals surface area contributed by atoms with E-state index in [9.17, 15) is 9.59 Å². The van der Waals surface area contributed by atoms with Crippen LogP contribution in [-0.4, -0.2) is 33.5 Å². The van der Waals surface area contributed by atoms with Crippen molar-refractivity contribution in [1.82, 2.24) is 14.5 Å². The molecule has 0 fully saturated rings. The summed E-state index contributed by atoms with van der Waals surface area (Å²) in [6.45, 7) is 2.17. The second kappa shape index (κ2) is 9.68. The van der Waals surface area contributed by atoms with Gasteiger partial charge >= 0.3 is 0 Å². The lowest BCUT2D eigenvalue weighted by Gasteiger charge is -2.27. The predicted molar refractivity (Wildman–Crippen MR) is 129 cm³/mol. The molecule has 1 aliphatic rings. The smallest absolute Gasteiger partial charge is 0.262 e. The zero-order valence-electron chi connectivity index (χ0n) is 18.3. The van der Waals surface area contributed by atoms with Gasteiger partial charge in [0.05, 0.1) is 24.9 Å². The number of carbonyl (C=O) groups excluding carboxylic acids is 1. The van der Waals surface area contributed by atoms with Crippen LogP contribution in [0.5, 0.6) is 0 Å². The summed E-state index contributed by atoms with van der Waals surface area (Å²) in [5, 5.41) is 0.720. The number of fused-ring (bicyclic) bond motifs is 3. The van der Waals surface area contributed by atoms with Gasteiger partial charge in [0.2, 0.25) is 5.91 Å². The summed E-state index contributed by atoms with van der Waals surface area (Å²) < 4.78 is 7.33. The molecule has 0 N–H and O–H groups in total. The highest BCUT2D eigenvalue weighted by molar-refractivity contribution is 7.18. The number of benzene rings is 2. The van der Waals surface area contributed by atoms with Gasteiger partial charge in [-0.05, 0) is 29.5 Å². The quantitative estimate of drug-likeness (QED) is 0.422. The van der Waals surface area contributed by atoms with E-state index in [4.69, 9.17) is 4.74 Å². The van der Waals surface area contributed by atoms with Crippen molar-refractivity contribution in [1.29, 1.82) is 0 Å². The van der Waals surface area contributed by atoms with Gasteiger partial charge in [-0.3, -0.25) is 14.2 Å². The maximum atomic E-state index is 13.2. The Morgan fingerprint density at radius 1 is 1.03 bits per heavy atom. The molecule has 6 nitrogen and oxygen atoms in total. The molecule has 0 atom stereocenters. The highest BCUT2D eigenvalue weighted by Crippen LogP contribution is 2.32. The van der Waals surface area contributed by atoms with Crippen molar-refractivity contribution in [3.63, 3.8) is 0 Å². The molecule has 0 radical (unpaired) electrons. The van der Waals surface area contributed by atoms with E-state index in [2.05, 4.69) is 17.1 Å². The maximum Gasteiger partial charge on any atom is 0.262 e. The highest BCUT2D eigenvalue weighted by atomic mass is 32.1. The first-order valence-electron chi connectivity index (χ1n) is 11.1. The number of nitrogens with zero attached hydrogens (tertiary/aromatic N) is 3. The van der Waals surface area contributed by atoms with Gasteiger partial charge in [0, 0.05) is 18.0 Å². The van der Waals surface area contributed by atoms with E-state index >= 15 is 0 Å². The number of rotatable bonds is 7. The molecule has 168 valence electrons. The third-order valence-electron chi connectivity index (χ3n) is 6.00. The van der Waals surface area contributed by atoms with Crippen molar-refractivity contribution in [3.8, 4) is 0 Å². The van der Waals surface area contributed by atoms with E-state index < -0.39 is 0 Å². The first kappa shape index (κ1) is 21.6. The summed E-state index contributed by atoms with van der Waals surface area (Å²) in [7, 11) is 0. The van der Waals surface area contributed by atoms with Gasteiger partial charge in [-0.1, -0.05) is 60.7 Å². The lowest BCUT2D eigenvalue weighted by Crippen LogP contribution is -2.37. The molecule has 0 saturated heterocycles. The molecule has 0 saturated carbocycles. The number of aromatic nitrogens is 2. The van der Waals surface area contributed by atoms with Crippen LogP contribution in [0.25, 0.3) is 10.2 Å². The summed E-state index contributed by atoms with van der Waals surface area (Å²) in [6.07, 6.45) is 3.10. The van der Waals surface area contributed by atoms with Crippen LogP contribution in [0.1, 0.15) is 21.6 Å². The van der Waals surface area contributed by atoms with E-state index in [1.165, 1.54) is 16.9 Å². The van der Waals surface area contributed by atoms with Crippen LogP contribution in [-0.2, 0) is 42.1 Å². The number of aryl methyl sites for hydroxylation is 2. The third kappa shape index (κ3) is 4.74. The molecule has 7 heteroatoms. The van der Waals surface area contributed by atoms with E-state index in [0.29, 0.717) is 32.7 Å². The average Bonchev–Trinajstić information content (AvgIpc) is 3.23. The fourth-order valence-corrected chi connectivity index (χ4v) is 5.40. The monoisotopic (exact) mass is 459 g/mol. The number of hydrogen-bond donors (Lipinski definition) is 0. The molecule has 0 unspecified atom stereocenters. The lowest BCUT2D eigenvalue weighted by atomic mass is 10.1. The van der Waals surface area contributed by atoms with Gasteiger partial charge in [-0.25, -0.2) is 4.98 Å². The number of thiophene rings is 1. The molecule has 3 heterocycles. The second-order valence-electron chi connectivity index (χ2n) is 8.21. The van der Waals surface area contributed by atoms with Crippen LogP contribution in [0.3, 0.4) is 0 Å². The third-order valence-corrected chi connectivity index (χ3v) is 7.13. The Labute approximate surface area is 196 Å². The van der Waals surface area contributed by atoms with Gasteiger partial charge in [-0.15, -0.1) is 11.3 Å². The Balaban J connectivity index is 1.26. The molecule has 2 aromatic carbocycles. The largest absolute Gasteiger partial charge is 0.367 e. The Morgan fingerprint density at radius 3 is 2.52 bits per heavy atom. The molecule has 0 aliphatic carbocycles. The summed E-state index contributed by atoms with van der Waals surface area (Å²) >= 11 is 1.52. The number of hydrogen-bond acceptors (Lipinski definition) is 5.